The van der Waals surface area contributed by atoms with Crippen molar-refractivity contribution in [2.24, 2.45) is 0 Å². The van der Waals surface area contributed by atoms with Gasteiger partial charge >= 0.3 is 0 Å². The molecule has 1 N–H and O–H groups in total. The average Bonchev–Trinajstić information content (AvgIpc) is 2.93. The van der Waals surface area contributed by atoms with Gasteiger partial charge in [-0.15, -0.1) is 11.3 Å². The molecule has 6 heteroatoms. The summed E-state index contributed by atoms with van der Waals surface area (Å²) in [6.07, 6.45) is 6.90. The van der Waals surface area contributed by atoms with Gasteiger partial charge in [0.25, 0.3) is 0 Å². The first kappa shape index (κ1) is 15.4. The monoisotopic (exact) mass is 405 g/mol. The van der Waals surface area contributed by atoms with E-state index in [1.54, 1.807) is 11.8 Å². The number of thiophene rings is 1. The number of hydrogen-bond acceptors (Lipinski definition) is 5. The molecule has 0 saturated carbocycles. The minimum atomic E-state index is 0.827. The SMILES string of the molecule is CSc1nc(Nc2cccc(Br)c2)c2c3c(sc2n1)CCCC3. The fourth-order valence-electron chi connectivity index (χ4n) is 3.02. The Balaban J connectivity index is 1.87. The van der Waals surface area contributed by atoms with Gasteiger partial charge in [0.2, 0.25) is 0 Å². The third-order valence-electron chi connectivity index (χ3n) is 4.06. The molecule has 0 radical (unpaired) electrons. The lowest BCUT2D eigenvalue weighted by Gasteiger charge is -2.13. The van der Waals surface area contributed by atoms with Crippen molar-refractivity contribution in [2.75, 3.05) is 11.6 Å². The van der Waals surface area contributed by atoms with Crippen LogP contribution in [-0.4, -0.2) is 16.2 Å². The van der Waals surface area contributed by atoms with Crippen LogP contribution in [0.2, 0.25) is 0 Å². The molecule has 2 heterocycles. The molecule has 0 spiro atoms. The van der Waals surface area contributed by atoms with E-state index in [2.05, 4.69) is 33.4 Å². The molecule has 23 heavy (non-hydrogen) atoms. The second-order valence-corrected chi connectivity index (χ2v) is 8.36. The van der Waals surface area contributed by atoms with Crippen molar-refractivity contribution in [1.29, 1.82) is 0 Å². The first-order valence-electron chi connectivity index (χ1n) is 7.63. The van der Waals surface area contributed by atoms with Gasteiger partial charge in [0.1, 0.15) is 10.6 Å². The molecule has 0 aliphatic heterocycles. The lowest BCUT2D eigenvalue weighted by atomic mass is 9.97. The molecule has 0 fully saturated rings. The molecule has 1 aromatic carbocycles. The van der Waals surface area contributed by atoms with Crippen LogP contribution in [0.25, 0.3) is 10.2 Å². The minimum Gasteiger partial charge on any atom is -0.340 e. The number of hydrogen-bond donors (Lipinski definition) is 1. The number of nitrogens with zero attached hydrogens (tertiary/aromatic N) is 2. The number of benzene rings is 1. The summed E-state index contributed by atoms with van der Waals surface area (Å²) in [6, 6.07) is 8.20. The van der Waals surface area contributed by atoms with E-state index in [1.165, 1.54) is 35.1 Å². The quantitative estimate of drug-likeness (QED) is 0.441. The first-order chi connectivity index (χ1) is 11.2. The number of rotatable bonds is 3. The summed E-state index contributed by atoms with van der Waals surface area (Å²) in [7, 11) is 0. The Hall–Kier alpha value is -1.11. The highest BCUT2D eigenvalue weighted by Crippen LogP contribution is 2.40. The Labute approximate surface area is 152 Å². The van der Waals surface area contributed by atoms with Crippen LogP contribution in [0, 0.1) is 0 Å². The first-order valence-corrected chi connectivity index (χ1v) is 10.5. The Morgan fingerprint density at radius 1 is 1.22 bits per heavy atom. The van der Waals surface area contributed by atoms with Crippen molar-refractivity contribution in [3.63, 3.8) is 0 Å². The van der Waals surface area contributed by atoms with E-state index in [-0.39, 0.29) is 0 Å². The topological polar surface area (TPSA) is 37.8 Å². The summed E-state index contributed by atoms with van der Waals surface area (Å²) in [5.74, 6) is 0.942. The maximum Gasteiger partial charge on any atom is 0.190 e. The normalized spacial score (nSPS) is 14.0. The number of anilines is 2. The van der Waals surface area contributed by atoms with Gasteiger partial charge in [0, 0.05) is 15.0 Å². The van der Waals surface area contributed by atoms with Crippen molar-refractivity contribution < 1.29 is 0 Å². The third kappa shape index (κ3) is 2.99. The van der Waals surface area contributed by atoms with E-state index in [0.717, 1.165) is 32.4 Å². The van der Waals surface area contributed by atoms with Gasteiger partial charge in [0.15, 0.2) is 5.16 Å². The lowest BCUT2D eigenvalue weighted by molar-refractivity contribution is 0.700. The molecular weight excluding hydrogens is 390 g/mol. The van der Waals surface area contributed by atoms with Crippen molar-refractivity contribution >= 4 is 60.8 Å². The van der Waals surface area contributed by atoms with Crippen LogP contribution < -0.4 is 5.32 Å². The van der Waals surface area contributed by atoms with Crippen molar-refractivity contribution in [3.8, 4) is 0 Å². The molecule has 1 aliphatic carbocycles. The maximum atomic E-state index is 4.76. The van der Waals surface area contributed by atoms with Crippen molar-refractivity contribution in [2.45, 2.75) is 30.8 Å². The molecule has 0 amide bonds. The number of aryl methyl sites for hydroxylation is 2. The van der Waals surface area contributed by atoms with Crippen LogP contribution in [-0.2, 0) is 12.8 Å². The summed E-state index contributed by atoms with van der Waals surface area (Å²) in [6.45, 7) is 0. The van der Waals surface area contributed by atoms with E-state index >= 15 is 0 Å². The van der Waals surface area contributed by atoms with Crippen molar-refractivity contribution in [1.82, 2.24) is 9.97 Å². The van der Waals surface area contributed by atoms with Crippen LogP contribution in [0.1, 0.15) is 23.3 Å². The summed E-state index contributed by atoms with van der Waals surface area (Å²) >= 11 is 6.97. The molecule has 4 rings (SSSR count). The zero-order chi connectivity index (χ0) is 15.8. The summed E-state index contributed by atoms with van der Waals surface area (Å²) in [5, 5.41) is 5.56. The molecule has 3 aromatic rings. The summed E-state index contributed by atoms with van der Waals surface area (Å²) in [4.78, 5) is 12.1. The highest BCUT2D eigenvalue weighted by molar-refractivity contribution is 9.10. The molecule has 1 aliphatic rings. The van der Waals surface area contributed by atoms with Crippen LogP contribution in [0.4, 0.5) is 11.5 Å². The van der Waals surface area contributed by atoms with Crippen LogP contribution in [0.5, 0.6) is 0 Å². The molecular formula is C17H16BrN3S2. The Bertz CT molecular complexity index is 876. The molecule has 0 bridgehead atoms. The van der Waals surface area contributed by atoms with Gasteiger partial charge in [-0.25, -0.2) is 9.97 Å². The number of fused-ring (bicyclic) bond motifs is 3. The zero-order valence-corrected chi connectivity index (χ0v) is 15.9. The van der Waals surface area contributed by atoms with Crippen LogP contribution in [0.15, 0.2) is 33.9 Å². The zero-order valence-electron chi connectivity index (χ0n) is 12.7. The summed E-state index contributed by atoms with van der Waals surface area (Å²) in [5.41, 5.74) is 2.50. The number of halogens is 1. The van der Waals surface area contributed by atoms with E-state index in [1.807, 2.05) is 29.7 Å². The van der Waals surface area contributed by atoms with E-state index in [4.69, 9.17) is 9.97 Å². The van der Waals surface area contributed by atoms with E-state index < -0.39 is 0 Å². The highest BCUT2D eigenvalue weighted by Gasteiger charge is 2.21. The van der Waals surface area contributed by atoms with Crippen LogP contribution >= 0.6 is 39.0 Å². The van der Waals surface area contributed by atoms with Gasteiger partial charge in [-0.3, -0.25) is 0 Å². The second kappa shape index (κ2) is 6.42. The number of nitrogens with one attached hydrogen (secondary N) is 1. The predicted molar refractivity (Wildman–Crippen MR) is 103 cm³/mol. The Morgan fingerprint density at radius 3 is 2.91 bits per heavy atom. The lowest BCUT2D eigenvalue weighted by Crippen LogP contribution is -2.02. The maximum absolute atomic E-state index is 4.76. The standard InChI is InChI=1S/C17H16BrN3S2/c1-22-17-20-15(19-11-6-4-5-10(18)9-11)14-12-7-2-3-8-13(12)23-16(14)21-17/h4-6,9H,2-3,7-8H2,1H3,(H,19,20,21). The average molecular weight is 406 g/mol. The Morgan fingerprint density at radius 2 is 2.09 bits per heavy atom. The van der Waals surface area contributed by atoms with E-state index in [9.17, 15) is 0 Å². The van der Waals surface area contributed by atoms with Gasteiger partial charge in [-0.05, 0) is 55.7 Å². The number of thioether (sulfide) groups is 1. The third-order valence-corrected chi connectivity index (χ3v) is 6.29. The smallest absolute Gasteiger partial charge is 0.190 e. The highest BCUT2D eigenvalue weighted by atomic mass is 79.9. The van der Waals surface area contributed by atoms with Crippen LogP contribution in [0.3, 0.4) is 0 Å². The second-order valence-electron chi connectivity index (χ2n) is 5.59. The predicted octanol–water partition coefficient (Wildman–Crippen LogP) is 5.80. The molecule has 118 valence electrons. The fraction of sp³-hybridized carbons (Fsp3) is 0.294. The molecule has 0 atom stereocenters. The summed E-state index contributed by atoms with van der Waals surface area (Å²) < 4.78 is 1.06. The fourth-order valence-corrected chi connectivity index (χ4v) is 5.11. The van der Waals surface area contributed by atoms with Gasteiger partial charge in [0.05, 0.1) is 5.39 Å². The molecule has 0 saturated heterocycles. The van der Waals surface area contributed by atoms with Crippen molar-refractivity contribution in [3.05, 3.63) is 39.2 Å². The van der Waals surface area contributed by atoms with Gasteiger partial charge in [-0.1, -0.05) is 33.8 Å². The number of aromatic nitrogens is 2. The van der Waals surface area contributed by atoms with Gasteiger partial charge in [-0.2, -0.15) is 0 Å². The molecule has 0 unspecified atom stereocenters. The largest absolute Gasteiger partial charge is 0.340 e. The molecule has 3 nitrogen and oxygen atoms in total. The molecule has 2 aromatic heterocycles. The van der Waals surface area contributed by atoms with E-state index in [0.29, 0.717) is 0 Å². The van der Waals surface area contributed by atoms with Gasteiger partial charge < -0.3 is 5.32 Å². The minimum absolute atomic E-state index is 0.827. The Kier molecular flexibility index (Phi) is 4.30.